The van der Waals surface area contributed by atoms with Crippen LogP contribution in [0, 0.1) is 0 Å². The van der Waals surface area contributed by atoms with E-state index in [1.807, 2.05) is 48.5 Å². The summed E-state index contributed by atoms with van der Waals surface area (Å²) in [6.45, 7) is 4.37. The average Bonchev–Trinajstić information content (AvgIpc) is 2.76. The molecule has 2 aromatic carbocycles. The molecule has 0 saturated carbocycles. The van der Waals surface area contributed by atoms with Crippen molar-refractivity contribution >= 4 is 17.5 Å². The third-order valence-corrected chi connectivity index (χ3v) is 5.52. The quantitative estimate of drug-likeness (QED) is 0.536. The highest BCUT2D eigenvalue weighted by Gasteiger charge is 2.14. The summed E-state index contributed by atoms with van der Waals surface area (Å²) >= 11 is 0. The monoisotopic (exact) mass is 380 g/mol. The lowest BCUT2D eigenvalue weighted by Crippen LogP contribution is -2.29. The van der Waals surface area contributed by atoms with Gasteiger partial charge in [-0.15, -0.1) is 0 Å². The van der Waals surface area contributed by atoms with Crippen LogP contribution in [-0.2, 0) is 0 Å². The van der Waals surface area contributed by atoms with Gasteiger partial charge in [-0.1, -0.05) is 0 Å². The molecule has 0 radical (unpaired) electrons. The van der Waals surface area contributed by atoms with Gasteiger partial charge in [-0.2, -0.15) is 0 Å². The summed E-state index contributed by atoms with van der Waals surface area (Å²) < 4.78 is 10.6. The first-order valence-corrected chi connectivity index (χ1v) is 10.4. The standard InChI is InChI=1S/C23H28N2O3/c26-23(27-21-11-7-19(8-12-21)24-15-3-1-4-16-24)28-22-13-9-20(10-14-22)25-17-5-2-6-18-25/h7-14H,1-6,15-18H2. The molecule has 0 N–H and O–H groups in total. The predicted octanol–water partition coefficient (Wildman–Crippen LogP) is 5.25. The highest BCUT2D eigenvalue weighted by molar-refractivity contribution is 5.68. The Morgan fingerprint density at radius 2 is 0.929 bits per heavy atom. The average molecular weight is 380 g/mol. The summed E-state index contributed by atoms with van der Waals surface area (Å²) in [4.78, 5) is 16.8. The van der Waals surface area contributed by atoms with E-state index < -0.39 is 6.16 Å². The van der Waals surface area contributed by atoms with Crippen LogP contribution >= 0.6 is 0 Å². The number of hydrogen-bond acceptors (Lipinski definition) is 5. The van der Waals surface area contributed by atoms with Gasteiger partial charge in [0.2, 0.25) is 0 Å². The molecule has 5 nitrogen and oxygen atoms in total. The minimum absolute atomic E-state index is 0.496. The lowest BCUT2D eigenvalue weighted by Gasteiger charge is -2.28. The van der Waals surface area contributed by atoms with Crippen LogP contribution in [0.5, 0.6) is 11.5 Å². The molecule has 0 bridgehead atoms. The number of rotatable bonds is 4. The lowest BCUT2D eigenvalue weighted by atomic mass is 10.1. The van der Waals surface area contributed by atoms with Gasteiger partial charge in [0, 0.05) is 37.6 Å². The van der Waals surface area contributed by atoms with Crippen molar-refractivity contribution in [3.63, 3.8) is 0 Å². The Bertz CT molecular complexity index is 696. The number of hydrogen-bond donors (Lipinski definition) is 0. The van der Waals surface area contributed by atoms with Gasteiger partial charge in [-0.3, -0.25) is 0 Å². The number of carbonyl (C=O) groups excluding carboxylic acids is 1. The third-order valence-electron chi connectivity index (χ3n) is 5.52. The van der Waals surface area contributed by atoms with E-state index >= 15 is 0 Å². The van der Waals surface area contributed by atoms with E-state index in [9.17, 15) is 4.79 Å². The molecule has 2 aromatic rings. The number of carbonyl (C=O) groups is 1. The van der Waals surface area contributed by atoms with Crippen molar-refractivity contribution in [2.45, 2.75) is 38.5 Å². The van der Waals surface area contributed by atoms with Crippen LogP contribution in [0.15, 0.2) is 48.5 Å². The van der Waals surface area contributed by atoms with Gasteiger partial charge in [0.1, 0.15) is 11.5 Å². The van der Waals surface area contributed by atoms with Gasteiger partial charge in [0.15, 0.2) is 0 Å². The minimum atomic E-state index is -0.712. The summed E-state index contributed by atoms with van der Waals surface area (Å²) in [6, 6.07) is 15.3. The smallest absolute Gasteiger partial charge is 0.395 e. The maximum absolute atomic E-state index is 12.1. The van der Waals surface area contributed by atoms with Gasteiger partial charge in [0.25, 0.3) is 0 Å². The van der Waals surface area contributed by atoms with Gasteiger partial charge >= 0.3 is 6.16 Å². The molecule has 0 unspecified atom stereocenters. The second kappa shape index (κ2) is 9.00. The fourth-order valence-corrected chi connectivity index (χ4v) is 3.97. The van der Waals surface area contributed by atoms with Crippen LogP contribution in [0.3, 0.4) is 0 Å². The zero-order valence-electron chi connectivity index (χ0n) is 16.3. The Kier molecular flexibility index (Phi) is 6.00. The SMILES string of the molecule is O=C(Oc1ccc(N2CCCCC2)cc1)Oc1ccc(N2CCCCC2)cc1. The topological polar surface area (TPSA) is 42.0 Å². The zero-order valence-corrected chi connectivity index (χ0v) is 16.3. The molecule has 2 heterocycles. The first kappa shape index (κ1) is 18.7. The van der Waals surface area contributed by atoms with Crippen LogP contribution < -0.4 is 19.3 Å². The molecule has 2 aliphatic rings. The largest absolute Gasteiger partial charge is 0.519 e. The summed E-state index contributed by atoms with van der Waals surface area (Å²) in [5, 5.41) is 0. The van der Waals surface area contributed by atoms with Crippen molar-refractivity contribution < 1.29 is 14.3 Å². The Hall–Kier alpha value is -2.69. The van der Waals surface area contributed by atoms with Gasteiger partial charge < -0.3 is 19.3 Å². The number of piperidine rings is 2. The lowest BCUT2D eigenvalue weighted by molar-refractivity contribution is 0.152. The second-order valence-corrected chi connectivity index (χ2v) is 7.54. The second-order valence-electron chi connectivity index (χ2n) is 7.54. The molecular weight excluding hydrogens is 352 g/mol. The molecule has 5 heteroatoms. The Labute approximate surface area is 166 Å². The van der Waals surface area contributed by atoms with Crippen LogP contribution in [0.1, 0.15) is 38.5 Å². The fraction of sp³-hybridized carbons (Fsp3) is 0.435. The van der Waals surface area contributed by atoms with Gasteiger partial charge in [-0.25, -0.2) is 4.79 Å². The zero-order chi connectivity index (χ0) is 19.2. The normalized spacial score (nSPS) is 17.3. The molecule has 0 aromatic heterocycles. The summed E-state index contributed by atoms with van der Waals surface area (Å²) in [6.07, 6.45) is 6.85. The number of ether oxygens (including phenoxy) is 2. The molecule has 0 spiro atoms. The molecule has 0 atom stereocenters. The molecule has 2 aliphatic heterocycles. The maximum atomic E-state index is 12.1. The number of nitrogens with zero attached hydrogens (tertiary/aromatic N) is 2. The third kappa shape index (κ3) is 4.77. The van der Waals surface area contributed by atoms with Crippen molar-refractivity contribution in [2.75, 3.05) is 36.0 Å². The molecule has 4 rings (SSSR count). The molecule has 2 fully saturated rings. The Morgan fingerprint density at radius 3 is 1.29 bits per heavy atom. The van der Waals surface area contributed by atoms with E-state index in [0.29, 0.717) is 11.5 Å². The van der Waals surface area contributed by atoms with Crippen LogP contribution in [0.25, 0.3) is 0 Å². The van der Waals surface area contributed by atoms with E-state index in [4.69, 9.17) is 9.47 Å². The van der Waals surface area contributed by atoms with Crippen molar-refractivity contribution in [3.8, 4) is 11.5 Å². The molecule has 28 heavy (non-hydrogen) atoms. The summed E-state index contributed by atoms with van der Waals surface area (Å²) in [5.74, 6) is 0.992. The minimum Gasteiger partial charge on any atom is -0.395 e. The van der Waals surface area contributed by atoms with Crippen molar-refractivity contribution in [1.29, 1.82) is 0 Å². The first-order chi connectivity index (χ1) is 13.8. The highest BCUT2D eigenvalue weighted by Crippen LogP contribution is 2.25. The van der Waals surface area contributed by atoms with Gasteiger partial charge in [-0.05, 0) is 87.1 Å². The maximum Gasteiger partial charge on any atom is 0.519 e. The van der Waals surface area contributed by atoms with E-state index in [-0.39, 0.29) is 0 Å². The number of anilines is 2. The molecule has 2 saturated heterocycles. The van der Waals surface area contributed by atoms with E-state index in [1.165, 1.54) is 49.9 Å². The van der Waals surface area contributed by atoms with Crippen LogP contribution in [0.2, 0.25) is 0 Å². The van der Waals surface area contributed by atoms with E-state index in [1.54, 1.807) is 0 Å². The van der Waals surface area contributed by atoms with Crippen LogP contribution in [-0.4, -0.2) is 32.3 Å². The van der Waals surface area contributed by atoms with E-state index in [0.717, 1.165) is 26.2 Å². The molecule has 0 aliphatic carbocycles. The molecule has 148 valence electrons. The predicted molar refractivity (Wildman–Crippen MR) is 112 cm³/mol. The van der Waals surface area contributed by atoms with Crippen molar-refractivity contribution in [2.24, 2.45) is 0 Å². The first-order valence-electron chi connectivity index (χ1n) is 10.4. The Morgan fingerprint density at radius 1 is 0.571 bits per heavy atom. The highest BCUT2D eigenvalue weighted by atomic mass is 16.7. The molecule has 0 amide bonds. The van der Waals surface area contributed by atoms with Gasteiger partial charge in [0.05, 0.1) is 0 Å². The fourth-order valence-electron chi connectivity index (χ4n) is 3.97. The Balaban J connectivity index is 1.30. The molecular formula is C23H28N2O3. The van der Waals surface area contributed by atoms with Crippen LogP contribution in [0.4, 0.5) is 16.2 Å². The summed E-state index contributed by atoms with van der Waals surface area (Å²) in [5.41, 5.74) is 2.35. The van der Waals surface area contributed by atoms with Crippen molar-refractivity contribution in [1.82, 2.24) is 0 Å². The van der Waals surface area contributed by atoms with E-state index in [2.05, 4.69) is 9.80 Å². The van der Waals surface area contributed by atoms with Crippen molar-refractivity contribution in [3.05, 3.63) is 48.5 Å². The summed E-state index contributed by atoms with van der Waals surface area (Å²) in [7, 11) is 0. The number of benzene rings is 2.